The van der Waals surface area contributed by atoms with E-state index in [0.29, 0.717) is 16.7 Å². The van der Waals surface area contributed by atoms with Gasteiger partial charge in [-0.15, -0.1) is 0 Å². The van der Waals surface area contributed by atoms with Crippen LogP contribution in [0.5, 0.6) is 0 Å². The van der Waals surface area contributed by atoms with Crippen molar-refractivity contribution in [2.45, 2.75) is 52.4 Å². The molecule has 3 rings (SSSR count). The van der Waals surface area contributed by atoms with Crippen molar-refractivity contribution in [3.05, 3.63) is 58.1 Å². The van der Waals surface area contributed by atoms with E-state index in [0.717, 1.165) is 11.1 Å². The first-order valence-corrected chi connectivity index (χ1v) is 8.86. The van der Waals surface area contributed by atoms with Crippen LogP contribution in [0.4, 0.5) is 0 Å². The minimum atomic E-state index is -1.14. The van der Waals surface area contributed by atoms with Crippen molar-refractivity contribution in [2.24, 2.45) is 0 Å². The van der Waals surface area contributed by atoms with E-state index in [9.17, 15) is 14.7 Å². The van der Waals surface area contributed by atoms with Crippen LogP contribution in [0.1, 0.15) is 78.9 Å². The van der Waals surface area contributed by atoms with Crippen molar-refractivity contribution in [3.8, 4) is 0 Å². The van der Waals surface area contributed by atoms with Crippen LogP contribution in [0.15, 0.2) is 39.5 Å². The van der Waals surface area contributed by atoms with Gasteiger partial charge in [-0.05, 0) is 34.6 Å². The van der Waals surface area contributed by atoms with Crippen molar-refractivity contribution in [1.29, 1.82) is 0 Å². The number of carboxylic acids is 1. The van der Waals surface area contributed by atoms with Gasteiger partial charge in [0, 0.05) is 11.1 Å². The summed E-state index contributed by atoms with van der Waals surface area (Å²) in [6.07, 6.45) is 0. The van der Waals surface area contributed by atoms with Crippen molar-refractivity contribution in [2.75, 3.05) is 0 Å². The maximum Gasteiger partial charge on any atom is 0.336 e. The summed E-state index contributed by atoms with van der Waals surface area (Å²) in [7, 11) is 0. The number of rotatable bonds is 3. The maximum atomic E-state index is 13.2. The smallest absolute Gasteiger partial charge is 0.336 e. The van der Waals surface area contributed by atoms with E-state index in [-0.39, 0.29) is 22.0 Å². The van der Waals surface area contributed by atoms with Crippen LogP contribution >= 0.6 is 0 Å². The minimum absolute atomic E-state index is 0.0260. The molecule has 0 radical (unpaired) electrons. The number of carboxylic acid groups (broad SMARTS) is 1. The maximum absolute atomic E-state index is 13.2. The van der Waals surface area contributed by atoms with E-state index < -0.39 is 11.8 Å². The Labute approximate surface area is 157 Å². The predicted octanol–water partition coefficient (Wildman–Crippen LogP) is 5.55. The zero-order chi connectivity index (χ0) is 20.1. The van der Waals surface area contributed by atoms with Gasteiger partial charge in [0.05, 0.1) is 11.1 Å². The van der Waals surface area contributed by atoms with Gasteiger partial charge in [0.25, 0.3) is 0 Å². The second-order valence-corrected chi connectivity index (χ2v) is 8.88. The SMILES string of the molecule is CC(C)(C)c1ccc(C(=O)O)c(C(=O)c2ccc(C(C)(C)C)c3ooc23)c1. The van der Waals surface area contributed by atoms with E-state index in [4.69, 9.17) is 9.15 Å². The van der Waals surface area contributed by atoms with Crippen molar-refractivity contribution in [3.63, 3.8) is 0 Å². The van der Waals surface area contributed by atoms with Gasteiger partial charge in [-0.3, -0.25) is 13.9 Å². The standard InChI is InChI=1S/C22H24O5/c1-21(2,3)12-7-8-13(20(24)25)15(11-12)17(23)14-9-10-16(22(4,5)6)19-18(14)26-27-19/h7-11H,1-6H3,(H,24,25). The molecule has 0 bridgehead atoms. The van der Waals surface area contributed by atoms with Crippen LogP contribution in [-0.2, 0) is 10.8 Å². The number of ketones is 1. The lowest BCUT2D eigenvalue weighted by Gasteiger charge is -2.22. The first-order valence-electron chi connectivity index (χ1n) is 8.86. The molecule has 0 amide bonds. The largest absolute Gasteiger partial charge is 0.478 e. The van der Waals surface area contributed by atoms with Gasteiger partial charge < -0.3 is 5.11 Å². The molecule has 1 aromatic heterocycles. The van der Waals surface area contributed by atoms with Gasteiger partial charge in [0.2, 0.25) is 11.2 Å². The third-order valence-corrected chi connectivity index (χ3v) is 4.73. The lowest BCUT2D eigenvalue weighted by atomic mass is 9.83. The quantitative estimate of drug-likeness (QED) is 0.484. The normalized spacial score (nSPS) is 12.5. The fourth-order valence-electron chi connectivity index (χ4n) is 3.08. The van der Waals surface area contributed by atoms with Crippen LogP contribution in [-0.4, -0.2) is 16.9 Å². The Bertz CT molecular complexity index is 1040. The molecule has 5 heteroatoms. The van der Waals surface area contributed by atoms with E-state index >= 15 is 0 Å². The molecule has 3 aromatic rings. The van der Waals surface area contributed by atoms with E-state index in [1.54, 1.807) is 18.2 Å². The fraction of sp³-hybridized carbons (Fsp3) is 0.364. The summed E-state index contributed by atoms with van der Waals surface area (Å²) in [5, 5.41) is 9.54. The summed E-state index contributed by atoms with van der Waals surface area (Å²) in [5.41, 5.74) is 2.76. The molecular weight excluding hydrogens is 344 g/mol. The van der Waals surface area contributed by atoms with Gasteiger partial charge in [0.15, 0.2) is 5.78 Å². The molecule has 0 atom stereocenters. The Morgan fingerprint density at radius 3 is 1.85 bits per heavy atom. The summed E-state index contributed by atoms with van der Waals surface area (Å²) in [4.78, 5) is 24.9. The molecule has 1 N–H and O–H groups in total. The van der Waals surface area contributed by atoms with Gasteiger partial charge in [-0.25, -0.2) is 4.79 Å². The molecule has 0 saturated heterocycles. The highest BCUT2D eigenvalue weighted by Crippen LogP contribution is 2.36. The van der Waals surface area contributed by atoms with Gasteiger partial charge in [-0.2, -0.15) is 0 Å². The molecule has 27 heavy (non-hydrogen) atoms. The van der Waals surface area contributed by atoms with E-state index in [1.807, 2.05) is 47.6 Å². The van der Waals surface area contributed by atoms with Crippen molar-refractivity contribution >= 4 is 22.9 Å². The van der Waals surface area contributed by atoms with Crippen LogP contribution in [0.2, 0.25) is 0 Å². The summed E-state index contributed by atoms with van der Waals surface area (Å²) in [6.45, 7) is 12.2. The third kappa shape index (κ3) is 3.29. The van der Waals surface area contributed by atoms with Gasteiger partial charge in [-0.1, -0.05) is 53.7 Å². The zero-order valence-electron chi connectivity index (χ0n) is 16.5. The molecule has 142 valence electrons. The van der Waals surface area contributed by atoms with E-state index in [1.165, 1.54) is 6.07 Å². The number of carbonyl (C=O) groups is 2. The summed E-state index contributed by atoms with van der Waals surface area (Å²) < 4.78 is 10.3. The Morgan fingerprint density at radius 2 is 1.37 bits per heavy atom. The van der Waals surface area contributed by atoms with E-state index in [2.05, 4.69) is 0 Å². The molecule has 5 nitrogen and oxygen atoms in total. The Morgan fingerprint density at radius 1 is 0.778 bits per heavy atom. The number of carbonyl (C=O) groups excluding carboxylic acids is 1. The first kappa shape index (κ1) is 19.0. The minimum Gasteiger partial charge on any atom is -0.478 e. The number of hydrogen-bond donors (Lipinski definition) is 1. The van der Waals surface area contributed by atoms with Crippen LogP contribution < -0.4 is 0 Å². The third-order valence-electron chi connectivity index (χ3n) is 4.73. The molecule has 2 aromatic carbocycles. The summed E-state index contributed by atoms with van der Waals surface area (Å²) in [6, 6.07) is 8.42. The molecule has 0 fully saturated rings. The number of fused-ring (bicyclic) bond motifs is 1. The van der Waals surface area contributed by atoms with Gasteiger partial charge in [0.1, 0.15) is 0 Å². The van der Waals surface area contributed by atoms with Gasteiger partial charge >= 0.3 is 5.97 Å². The van der Waals surface area contributed by atoms with Crippen LogP contribution in [0, 0.1) is 0 Å². The second-order valence-electron chi connectivity index (χ2n) is 8.88. The Kier molecular flexibility index (Phi) is 4.29. The Hall–Kier alpha value is -2.82. The number of hydrogen-bond acceptors (Lipinski definition) is 4. The van der Waals surface area contributed by atoms with Crippen molar-refractivity contribution in [1.82, 2.24) is 0 Å². The highest BCUT2D eigenvalue weighted by molar-refractivity contribution is 6.18. The molecule has 0 spiro atoms. The summed E-state index contributed by atoms with van der Waals surface area (Å²) >= 11 is 0. The molecule has 0 saturated carbocycles. The summed E-state index contributed by atoms with van der Waals surface area (Å²) in [5.74, 6) is -1.53. The molecular formula is C22H24O5. The molecule has 1 heterocycles. The van der Waals surface area contributed by atoms with Crippen LogP contribution in [0.3, 0.4) is 0 Å². The second kappa shape index (κ2) is 6.12. The highest BCUT2D eigenvalue weighted by atomic mass is 17.0. The average Bonchev–Trinajstić information content (AvgIpc) is 2.52. The lowest BCUT2D eigenvalue weighted by Crippen LogP contribution is -2.17. The van der Waals surface area contributed by atoms with Crippen LogP contribution in [0.25, 0.3) is 11.2 Å². The Balaban J connectivity index is 2.17. The molecule has 0 unspecified atom stereocenters. The molecule has 0 aliphatic rings. The zero-order valence-corrected chi connectivity index (χ0v) is 16.5. The monoisotopic (exact) mass is 368 g/mol. The number of aromatic carboxylic acids is 1. The lowest BCUT2D eigenvalue weighted by molar-refractivity contribution is 0.0560. The number of benzene rings is 2. The first-order chi connectivity index (χ1) is 12.4. The average molecular weight is 368 g/mol. The fourth-order valence-corrected chi connectivity index (χ4v) is 3.08. The predicted molar refractivity (Wildman–Crippen MR) is 103 cm³/mol. The topological polar surface area (TPSA) is 80.6 Å². The molecule has 0 aliphatic carbocycles. The highest BCUT2D eigenvalue weighted by Gasteiger charge is 2.29. The molecule has 0 aliphatic heterocycles. The van der Waals surface area contributed by atoms with Crippen molar-refractivity contribution < 1.29 is 23.8 Å².